The molecule has 0 fully saturated rings. The van der Waals surface area contributed by atoms with Crippen LogP contribution in [0.5, 0.6) is 5.75 Å². The molecule has 0 saturated carbocycles. The molecule has 0 aliphatic carbocycles. The Morgan fingerprint density at radius 2 is 2.10 bits per heavy atom. The minimum Gasteiger partial charge on any atom is -0.487 e. The number of nitrogens with zero attached hydrogens (tertiary/aromatic N) is 2. The zero-order valence-corrected chi connectivity index (χ0v) is 12.5. The first kappa shape index (κ1) is 15.3. The highest BCUT2D eigenvalue weighted by molar-refractivity contribution is 8.00. The van der Waals surface area contributed by atoms with Gasteiger partial charge < -0.3 is 10.1 Å². The van der Waals surface area contributed by atoms with E-state index < -0.39 is 0 Å². The quantitative estimate of drug-likeness (QED) is 0.794. The predicted octanol–water partition coefficient (Wildman–Crippen LogP) is 2.15. The van der Waals surface area contributed by atoms with Gasteiger partial charge in [0.15, 0.2) is 0 Å². The normalized spacial score (nSPS) is 11.7. The van der Waals surface area contributed by atoms with E-state index in [-0.39, 0.29) is 12.0 Å². The molecule has 2 heterocycles. The van der Waals surface area contributed by atoms with Gasteiger partial charge in [-0.05, 0) is 31.2 Å². The van der Waals surface area contributed by atoms with Crippen LogP contribution >= 0.6 is 11.8 Å². The zero-order valence-electron chi connectivity index (χ0n) is 11.7. The molecule has 0 spiro atoms. The van der Waals surface area contributed by atoms with Crippen molar-refractivity contribution in [3.63, 3.8) is 0 Å². The van der Waals surface area contributed by atoms with Crippen molar-refractivity contribution in [3.8, 4) is 5.75 Å². The molecule has 1 N–H and O–H groups in total. The molecule has 0 aliphatic rings. The summed E-state index contributed by atoms with van der Waals surface area (Å²) in [6.07, 6.45) is 6.66. The molecule has 2 aromatic rings. The lowest BCUT2D eigenvalue weighted by Crippen LogP contribution is -2.34. The third-order valence-corrected chi connectivity index (χ3v) is 3.59. The van der Waals surface area contributed by atoms with Crippen molar-refractivity contribution in [2.75, 3.05) is 12.3 Å². The molecular weight excluding hydrogens is 286 g/mol. The van der Waals surface area contributed by atoms with Gasteiger partial charge in [0.25, 0.3) is 0 Å². The van der Waals surface area contributed by atoms with Crippen molar-refractivity contribution in [2.24, 2.45) is 0 Å². The third-order valence-electron chi connectivity index (χ3n) is 2.58. The zero-order chi connectivity index (χ0) is 14.9. The Bertz CT molecular complexity index is 551. The van der Waals surface area contributed by atoms with Crippen LogP contribution in [-0.2, 0) is 4.79 Å². The highest BCUT2D eigenvalue weighted by Gasteiger charge is 2.07. The van der Waals surface area contributed by atoms with Gasteiger partial charge in [0, 0.05) is 23.5 Å². The number of pyridine rings is 2. The summed E-state index contributed by atoms with van der Waals surface area (Å²) in [5.74, 6) is 1.06. The van der Waals surface area contributed by atoms with E-state index in [1.54, 1.807) is 24.8 Å². The highest BCUT2D eigenvalue weighted by atomic mass is 32.2. The van der Waals surface area contributed by atoms with Gasteiger partial charge in [-0.15, -0.1) is 11.8 Å². The van der Waals surface area contributed by atoms with Crippen LogP contribution in [0.1, 0.15) is 6.92 Å². The molecule has 6 heteroatoms. The number of hydrogen-bond donors (Lipinski definition) is 1. The highest BCUT2D eigenvalue weighted by Crippen LogP contribution is 2.15. The maximum absolute atomic E-state index is 11.8. The summed E-state index contributed by atoms with van der Waals surface area (Å²) >= 11 is 1.48. The monoisotopic (exact) mass is 303 g/mol. The second kappa shape index (κ2) is 8.26. The maximum Gasteiger partial charge on any atom is 0.230 e. The van der Waals surface area contributed by atoms with E-state index in [2.05, 4.69) is 15.3 Å². The number of thioether (sulfide) groups is 1. The summed E-state index contributed by atoms with van der Waals surface area (Å²) in [6.45, 7) is 2.37. The summed E-state index contributed by atoms with van der Waals surface area (Å²) in [7, 11) is 0. The summed E-state index contributed by atoms with van der Waals surface area (Å²) in [4.78, 5) is 20.7. The SMILES string of the molecule is CC(CNC(=O)CSc1ccncc1)Oc1cccnc1. The van der Waals surface area contributed by atoms with Crippen molar-refractivity contribution in [3.05, 3.63) is 49.1 Å². The molecule has 5 nitrogen and oxygen atoms in total. The Kier molecular flexibility index (Phi) is 6.02. The Hall–Kier alpha value is -2.08. The smallest absolute Gasteiger partial charge is 0.230 e. The molecule has 0 aliphatic heterocycles. The van der Waals surface area contributed by atoms with Crippen LogP contribution in [0.25, 0.3) is 0 Å². The van der Waals surface area contributed by atoms with Crippen molar-refractivity contribution in [1.29, 1.82) is 0 Å². The van der Waals surface area contributed by atoms with Gasteiger partial charge in [0.1, 0.15) is 11.9 Å². The van der Waals surface area contributed by atoms with Crippen molar-refractivity contribution in [1.82, 2.24) is 15.3 Å². The van der Waals surface area contributed by atoms with Crippen LogP contribution in [-0.4, -0.2) is 34.3 Å². The molecule has 21 heavy (non-hydrogen) atoms. The van der Waals surface area contributed by atoms with E-state index in [4.69, 9.17) is 4.74 Å². The molecular formula is C15H17N3O2S. The lowest BCUT2D eigenvalue weighted by atomic mass is 10.4. The molecule has 2 rings (SSSR count). The largest absolute Gasteiger partial charge is 0.487 e. The molecule has 2 aromatic heterocycles. The van der Waals surface area contributed by atoms with Gasteiger partial charge in [-0.1, -0.05) is 0 Å². The van der Waals surface area contributed by atoms with Crippen LogP contribution in [0.3, 0.4) is 0 Å². The number of carbonyl (C=O) groups is 1. The van der Waals surface area contributed by atoms with Crippen LogP contribution in [0.15, 0.2) is 53.9 Å². The first-order valence-corrected chi connectivity index (χ1v) is 7.59. The predicted molar refractivity (Wildman–Crippen MR) is 82.3 cm³/mol. The fourth-order valence-corrected chi connectivity index (χ4v) is 2.30. The van der Waals surface area contributed by atoms with Gasteiger partial charge in [-0.2, -0.15) is 0 Å². The lowest BCUT2D eigenvalue weighted by Gasteiger charge is -2.15. The molecule has 110 valence electrons. The number of aromatic nitrogens is 2. The maximum atomic E-state index is 11.8. The number of nitrogens with one attached hydrogen (secondary N) is 1. The number of amides is 1. The van der Waals surface area contributed by atoms with Gasteiger partial charge in [-0.3, -0.25) is 14.8 Å². The molecule has 1 atom stereocenters. The van der Waals surface area contributed by atoms with Gasteiger partial charge in [-0.25, -0.2) is 0 Å². The summed E-state index contributed by atoms with van der Waals surface area (Å²) in [6, 6.07) is 7.41. The number of carbonyl (C=O) groups excluding carboxylic acids is 1. The average molecular weight is 303 g/mol. The summed E-state index contributed by atoms with van der Waals surface area (Å²) < 4.78 is 5.64. The Morgan fingerprint density at radius 1 is 1.29 bits per heavy atom. The molecule has 0 bridgehead atoms. The summed E-state index contributed by atoms with van der Waals surface area (Å²) in [5, 5.41) is 2.85. The fraction of sp³-hybridized carbons (Fsp3) is 0.267. The first-order valence-electron chi connectivity index (χ1n) is 6.60. The van der Waals surface area contributed by atoms with Gasteiger partial charge in [0.05, 0.1) is 18.5 Å². The van der Waals surface area contributed by atoms with E-state index in [0.29, 0.717) is 18.0 Å². The minimum absolute atomic E-state index is 0.0153. The topological polar surface area (TPSA) is 64.1 Å². The molecule has 1 unspecified atom stereocenters. The van der Waals surface area contributed by atoms with Crippen molar-refractivity contribution >= 4 is 17.7 Å². The third kappa shape index (κ3) is 5.83. The van der Waals surface area contributed by atoms with Crippen LogP contribution < -0.4 is 10.1 Å². The number of hydrogen-bond acceptors (Lipinski definition) is 5. The second-order valence-electron chi connectivity index (χ2n) is 4.39. The fourth-order valence-electron chi connectivity index (χ4n) is 1.58. The van der Waals surface area contributed by atoms with E-state index in [1.807, 2.05) is 31.2 Å². The second-order valence-corrected chi connectivity index (χ2v) is 5.44. The van der Waals surface area contributed by atoms with Crippen LogP contribution in [0.4, 0.5) is 0 Å². The first-order chi connectivity index (χ1) is 10.2. The Labute approximate surface area is 128 Å². The Balaban J connectivity index is 1.66. The van der Waals surface area contributed by atoms with Gasteiger partial charge >= 0.3 is 0 Å². The van der Waals surface area contributed by atoms with E-state index in [1.165, 1.54) is 11.8 Å². The molecule has 0 aromatic carbocycles. The van der Waals surface area contributed by atoms with E-state index in [0.717, 1.165) is 4.90 Å². The molecule has 0 saturated heterocycles. The van der Waals surface area contributed by atoms with Crippen molar-refractivity contribution < 1.29 is 9.53 Å². The number of ether oxygens (including phenoxy) is 1. The summed E-state index contributed by atoms with van der Waals surface area (Å²) in [5.41, 5.74) is 0. The van der Waals surface area contributed by atoms with Crippen LogP contribution in [0, 0.1) is 0 Å². The lowest BCUT2D eigenvalue weighted by molar-refractivity contribution is -0.118. The minimum atomic E-state index is -0.107. The average Bonchev–Trinajstić information content (AvgIpc) is 2.53. The standard InChI is InChI=1S/C15H17N3O2S/c1-12(20-13-3-2-6-17-10-13)9-18-15(19)11-21-14-4-7-16-8-5-14/h2-8,10,12H,9,11H2,1H3,(H,18,19). The molecule has 1 amide bonds. The molecule has 0 radical (unpaired) electrons. The van der Waals surface area contributed by atoms with E-state index >= 15 is 0 Å². The van der Waals surface area contributed by atoms with Gasteiger partial charge in [0.2, 0.25) is 5.91 Å². The van der Waals surface area contributed by atoms with Crippen molar-refractivity contribution in [2.45, 2.75) is 17.9 Å². The van der Waals surface area contributed by atoms with Crippen LogP contribution in [0.2, 0.25) is 0 Å². The van der Waals surface area contributed by atoms with E-state index in [9.17, 15) is 4.79 Å². The number of rotatable bonds is 7. The Morgan fingerprint density at radius 3 is 2.81 bits per heavy atom.